The molecule has 132 valence electrons. The Morgan fingerprint density at radius 1 is 1.24 bits per heavy atom. The van der Waals surface area contributed by atoms with Crippen molar-refractivity contribution in [2.24, 2.45) is 0 Å². The van der Waals surface area contributed by atoms with Crippen LogP contribution in [0, 0.1) is 0 Å². The number of para-hydroxylation sites is 1. The second kappa shape index (κ2) is 7.98. The summed E-state index contributed by atoms with van der Waals surface area (Å²) in [4.78, 5) is 29.1. The van der Waals surface area contributed by atoms with E-state index in [1.54, 1.807) is 13.2 Å². The summed E-state index contributed by atoms with van der Waals surface area (Å²) < 4.78 is 5.50. The molecule has 1 atom stereocenters. The molecule has 0 radical (unpaired) electrons. The number of hydrogen-bond donors (Lipinski definition) is 2. The molecular weight excluding hydrogens is 318 g/mol. The maximum atomic E-state index is 12.4. The molecular formula is C19H23N3O3. The third-order valence-electron chi connectivity index (χ3n) is 4.60. The molecule has 1 aromatic carbocycles. The summed E-state index contributed by atoms with van der Waals surface area (Å²) in [5, 5.41) is 2.91. The van der Waals surface area contributed by atoms with Crippen LogP contribution >= 0.6 is 0 Å². The Kier molecular flexibility index (Phi) is 5.50. The van der Waals surface area contributed by atoms with Crippen LogP contribution in [-0.4, -0.2) is 42.5 Å². The summed E-state index contributed by atoms with van der Waals surface area (Å²) in [5.41, 5.74) is 0.798. The number of ether oxygens (including phenoxy) is 1. The van der Waals surface area contributed by atoms with Gasteiger partial charge in [0.2, 0.25) is 0 Å². The van der Waals surface area contributed by atoms with Crippen LogP contribution in [0.15, 0.2) is 47.4 Å². The molecule has 0 bridgehead atoms. The van der Waals surface area contributed by atoms with Gasteiger partial charge in [-0.1, -0.05) is 18.2 Å². The van der Waals surface area contributed by atoms with Gasteiger partial charge in [0.25, 0.3) is 11.5 Å². The first-order valence-electron chi connectivity index (χ1n) is 8.53. The quantitative estimate of drug-likeness (QED) is 0.842. The average Bonchev–Trinajstić information content (AvgIpc) is 3.17. The zero-order valence-corrected chi connectivity index (χ0v) is 14.3. The van der Waals surface area contributed by atoms with E-state index in [1.165, 1.54) is 12.3 Å². The van der Waals surface area contributed by atoms with Crippen LogP contribution in [0.5, 0.6) is 5.75 Å². The minimum Gasteiger partial charge on any atom is -0.496 e. The monoisotopic (exact) mass is 341 g/mol. The number of carbonyl (C=O) groups excluding carboxylic acids is 1. The summed E-state index contributed by atoms with van der Waals surface area (Å²) in [7, 11) is 1.65. The Morgan fingerprint density at radius 3 is 2.72 bits per heavy atom. The number of methoxy groups -OCH3 is 1. The fraction of sp³-hybridized carbons (Fsp3) is 0.368. The minimum absolute atomic E-state index is 0.0189. The first-order valence-corrected chi connectivity index (χ1v) is 8.53. The standard InChI is InChI=1S/C19H23N3O3/c1-25-17-9-3-2-7-14(17)16(22-11-4-5-12-22)13-21-19(24)15-8-6-10-20-18(15)23/h2-3,6-10,16H,4-5,11-13H2,1H3,(H,20,23)(H,21,24)/t16-/m0/s1. The van der Waals surface area contributed by atoms with Gasteiger partial charge in [-0.25, -0.2) is 0 Å². The largest absolute Gasteiger partial charge is 0.496 e. The van der Waals surface area contributed by atoms with Crippen LogP contribution in [-0.2, 0) is 0 Å². The highest BCUT2D eigenvalue weighted by atomic mass is 16.5. The molecule has 1 saturated heterocycles. The van der Waals surface area contributed by atoms with E-state index >= 15 is 0 Å². The van der Waals surface area contributed by atoms with Gasteiger partial charge in [0.1, 0.15) is 11.3 Å². The van der Waals surface area contributed by atoms with Gasteiger partial charge < -0.3 is 15.0 Å². The van der Waals surface area contributed by atoms with Crippen molar-refractivity contribution >= 4 is 5.91 Å². The molecule has 0 aliphatic carbocycles. The Labute approximate surface area is 146 Å². The number of carbonyl (C=O) groups is 1. The molecule has 0 saturated carbocycles. The van der Waals surface area contributed by atoms with Crippen molar-refractivity contribution in [2.45, 2.75) is 18.9 Å². The lowest BCUT2D eigenvalue weighted by atomic mass is 10.0. The summed E-state index contributed by atoms with van der Waals surface area (Å²) in [6.45, 7) is 2.41. The van der Waals surface area contributed by atoms with Crippen LogP contribution in [0.1, 0.15) is 34.8 Å². The number of nitrogens with one attached hydrogen (secondary N) is 2. The first-order chi connectivity index (χ1) is 12.2. The highest BCUT2D eigenvalue weighted by molar-refractivity contribution is 5.93. The topological polar surface area (TPSA) is 74.4 Å². The van der Waals surface area contributed by atoms with Gasteiger partial charge in [-0.15, -0.1) is 0 Å². The second-order valence-electron chi connectivity index (χ2n) is 6.12. The van der Waals surface area contributed by atoms with Gasteiger partial charge >= 0.3 is 0 Å². The Bertz CT molecular complexity index is 781. The van der Waals surface area contributed by atoms with Crippen molar-refractivity contribution < 1.29 is 9.53 Å². The summed E-state index contributed by atoms with van der Waals surface area (Å²) in [5.74, 6) is 0.451. The zero-order valence-electron chi connectivity index (χ0n) is 14.3. The molecule has 2 N–H and O–H groups in total. The van der Waals surface area contributed by atoms with E-state index in [4.69, 9.17) is 4.74 Å². The van der Waals surface area contributed by atoms with E-state index in [2.05, 4.69) is 15.2 Å². The third kappa shape index (κ3) is 3.91. The van der Waals surface area contributed by atoms with Crippen molar-refractivity contribution in [1.29, 1.82) is 0 Å². The number of likely N-dealkylation sites (tertiary alicyclic amines) is 1. The van der Waals surface area contributed by atoms with Gasteiger partial charge in [-0.05, 0) is 44.1 Å². The molecule has 1 aliphatic rings. The van der Waals surface area contributed by atoms with Crippen LogP contribution in [0.2, 0.25) is 0 Å². The highest BCUT2D eigenvalue weighted by Gasteiger charge is 2.26. The van der Waals surface area contributed by atoms with E-state index in [1.807, 2.05) is 24.3 Å². The number of rotatable bonds is 6. The van der Waals surface area contributed by atoms with E-state index in [-0.39, 0.29) is 23.1 Å². The third-order valence-corrected chi connectivity index (χ3v) is 4.60. The Balaban J connectivity index is 1.80. The molecule has 25 heavy (non-hydrogen) atoms. The smallest absolute Gasteiger partial charge is 0.260 e. The fourth-order valence-corrected chi connectivity index (χ4v) is 3.32. The number of pyridine rings is 1. The van der Waals surface area contributed by atoms with Gasteiger partial charge in [0, 0.05) is 18.3 Å². The van der Waals surface area contributed by atoms with E-state index in [0.29, 0.717) is 6.54 Å². The second-order valence-corrected chi connectivity index (χ2v) is 6.12. The lowest BCUT2D eigenvalue weighted by Crippen LogP contribution is -2.38. The molecule has 6 nitrogen and oxygen atoms in total. The summed E-state index contributed by atoms with van der Waals surface area (Å²) in [6.07, 6.45) is 3.82. The number of H-pyrrole nitrogens is 1. The van der Waals surface area contributed by atoms with Gasteiger partial charge in [-0.3, -0.25) is 14.5 Å². The van der Waals surface area contributed by atoms with Crippen LogP contribution in [0.3, 0.4) is 0 Å². The lowest BCUT2D eigenvalue weighted by molar-refractivity contribution is 0.0936. The summed E-state index contributed by atoms with van der Waals surface area (Å²) >= 11 is 0. The average molecular weight is 341 g/mol. The fourth-order valence-electron chi connectivity index (χ4n) is 3.32. The van der Waals surface area contributed by atoms with Crippen molar-refractivity contribution in [3.63, 3.8) is 0 Å². The molecule has 1 aliphatic heterocycles. The Hall–Kier alpha value is -2.60. The van der Waals surface area contributed by atoms with Crippen LogP contribution < -0.4 is 15.6 Å². The predicted octanol–water partition coefficient (Wildman–Crippen LogP) is 1.95. The number of benzene rings is 1. The molecule has 2 aromatic rings. The molecule has 1 fully saturated rings. The number of aromatic nitrogens is 1. The molecule has 0 spiro atoms. The zero-order chi connectivity index (χ0) is 17.6. The maximum Gasteiger partial charge on any atom is 0.260 e. The van der Waals surface area contributed by atoms with Crippen LogP contribution in [0.25, 0.3) is 0 Å². The lowest BCUT2D eigenvalue weighted by Gasteiger charge is -2.29. The number of amides is 1. The highest BCUT2D eigenvalue weighted by Crippen LogP contribution is 2.31. The summed E-state index contributed by atoms with van der Waals surface area (Å²) in [6, 6.07) is 11.1. The van der Waals surface area contributed by atoms with Crippen molar-refractivity contribution in [3.8, 4) is 5.75 Å². The molecule has 1 amide bonds. The van der Waals surface area contributed by atoms with Crippen molar-refractivity contribution in [3.05, 3.63) is 64.1 Å². The molecule has 1 aromatic heterocycles. The van der Waals surface area contributed by atoms with Crippen molar-refractivity contribution in [2.75, 3.05) is 26.7 Å². The van der Waals surface area contributed by atoms with E-state index < -0.39 is 0 Å². The van der Waals surface area contributed by atoms with Crippen molar-refractivity contribution in [1.82, 2.24) is 15.2 Å². The SMILES string of the molecule is COc1ccccc1[C@H](CNC(=O)c1ccc[nH]c1=O)N1CCCC1. The normalized spacial score (nSPS) is 15.7. The van der Waals surface area contributed by atoms with Gasteiger partial charge in [0.05, 0.1) is 13.2 Å². The molecule has 2 heterocycles. The van der Waals surface area contributed by atoms with Gasteiger partial charge in [0.15, 0.2) is 0 Å². The minimum atomic E-state index is -0.380. The van der Waals surface area contributed by atoms with E-state index in [0.717, 1.165) is 37.2 Å². The van der Waals surface area contributed by atoms with E-state index in [9.17, 15) is 9.59 Å². The van der Waals surface area contributed by atoms with Crippen LogP contribution in [0.4, 0.5) is 0 Å². The number of hydrogen-bond acceptors (Lipinski definition) is 4. The molecule has 6 heteroatoms. The predicted molar refractivity (Wildman–Crippen MR) is 95.9 cm³/mol. The molecule has 3 rings (SSSR count). The Morgan fingerprint density at radius 2 is 2.00 bits per heavy atom. The number of aromatic amines is 1. The molecule has 0 unspecified atom stereocenters. The number of nitrogens with zero attached hydrogens (tertiary/aromatic N) is 1. The van der Waals surface area contributed by atoms with Gasteiger partial charge in [-0.2, -0.15) is 0 Å². The maximum absolute atomic E-state index is 12.4. The first kappa shape index (κ1) is 17.2.